The summed E-state index contributed by atoms with van der Waals surface area (Å²) in [5, 5.41) is 23.2. The third-order valence-corrected chi connectivity index (χ3v) is 33.5. The Morgan fingerprint density at radius 1 is 0.211 bits per heavy atom. The molecule has 16 heteroatoms. The van der Waals surface area contributed by atoms with Crippen molar-refractivity contribution in [3.8, 4) is 22.3 Å². The van der Waals surface area contributed by atoms with Crippen LogP contribution in [0.4, 0.5) is 0 Å². The molecule has 0 saturated carbocycles. The summed E-state index contributed by atoms with van der Waals surface area (Å²) in [7, 11) is -1.44. The van der Waals surface area contributed by atoms with Gasteiger partial charge in [0.05, 0.1) is 44.8 Å². The first-order valence-electron chi connectivity index (χ1n) is 43.1. The van der Waals surface area contributed by atoms with E-state index in [2.05, 4.69) is 392 Å². The zero-order valence-electron chi connectivity index (χ0n) is 73.1. The highest BCUT2D eigenvalue weighted by molar-refractivity contribution is 7.28. The SMILES string of the molecule is CC1(C)OB(c2cc3c4ccccc4sc3c3ccccc23)OC1(C)C.CC1(C)OB(c2ccc3sc4c5ccccc5c5ccccc5c4c3c2)OC1(C)C.CC1(C)OB(c2ccc3sc4cc5ccccc5cc4c3c2)OC1(C)C.CC1(C)c2ccccc2-c2ccc(-c3cc(B4OC(C)(C)C(C)(C)O4)cc4c3sc3c5ccccc5ccc43)cc21. The van der Waals surface area contributed by atoms with E-state index >= 15 is 0 Å². The summed E-state index contributed by atoms with van der Waals surface area (Å²) in [4.78, 5) is 0. The molecule has 610 valence electrons. The van der Waals surface area contributed by atoms with E-state index in [1.165, 1.54) is 168 Å². The summed E-state index contributed by atoms with van der Waals surface area (Å²) < 4.78 is 61.6. The fraction of sp³-hybridized carbons (Fsp3) is 0.252. The van der Waals surface area contributed by atoms with E-state index in [0.29, 0.717) is 0 Å². The van der Waals surface area contributed by atoms with Gasteiger partial charge in [-0.2, -0.15) is 0 Å². The molecule has 123 heavy (non-hydrogen) atoms. The van der Waals surface area contributed by atoms with Crippen LogP contribution in [0.3, 0.4) is 0 Å². The van der Waals surface area contributed by atoms with Gasteiger partial charge in [-0.1, -0.05) is 244 Å². The Labute approximate surface area is 736 Å². The molecule has 4 aromatic heterocycles. The predicted octanol–water partition coefficient (Wildman–Crippen LogP) is 27.2. The van der Waals surface area contributed by atoms with E-state index in [4.69, 9.17) is 37.2 Å². The quantitative estimate of drug-likeness (QED) is 0.125. The number of benzene rings is 15. The highest BCUT2D eigenvalue weighted by atomic mass is 32.1. The highest BCUT2D eigenvalue weighted by Crippen LogP contribution is 2.53. The standard InChI is InChI=1S/C37H33BO2S.C26H23BO2S.2C22H21BO2S/c1-35(2)31-14-10-9-13-26(31)27-17-16-23(19-32(27)35)29-20-24(38-39-36(3,4)37(5,6)40-38)21-30-28-18-15-22-11-7-8-12-25(22)33(28)41-34(29)30;1-25(2)26(3,4)29-27(28-25)16-13-14-22-21(15-16)23-19-11-7-5-9-17(19)18-10-6-8-12-20(18)24(23)30-22;1-21(2)22(3,4)25-23(24-21)18-13-17-15-10-7-8-12-19(15)26-20(17)16-11-6-5-9-14(16)18;1-21(2)22(3,4)25-23(24-21)16-9-10-19-18(13-16)17-11-14-7-5-6-8-15(14)12-20(17)26-19/h7-21H,1-6H3;5-15H,1-4H3;2*5-13H,1-4H3. The number of fused-ring (bicyclic) bond motifs is 25. The fourth-order valence-corrected chi connectivity index (χ4v) is 23.7. The molecule has 0 bridgehead atoms. The summed E-state index contributed by atoms with van der Waals surface area (Å²) in [5.74, 6) is 0. The van der Waals surface area contributed by atoms with Crippen LogP contribution in [0, 0.1) is 0 Å². The molecular formula is C107H98B4O8S4. The average molecular weight is 1680 g/mol. The molecule has 19 aromatic rings. The smallest absolute Gasteiger partial charge is 0.399 e. The Morgan fingerprint density at radius 3 is 1.24 bits per heavy atom. The number of thiophene rings is 4. The minimum atomic E-state index is -0.423. The van der Waals surface area contributed by atoms with Gasteiger partial charge in [-0.3, -0.25) is 0 Å². The van der Waals surface area contributed by atoms with Gasteiger partial charge in [0.15, 0.2) is 0 Å². The Balaban J connectivity index is 0.000000103. The zero-order valence-corrected chi connectivity index (χ0v) is 76.4. The zero-order chi connectivity index (χ0) is 85.2. The lowest BCUT2D eigenvalue weighted by Gasteiger charge is -2.32. The lowest BCUT2D eigenvalue weighted by Crippen LogP contribution is -2.41. The molecule has 4 saturated heterocycles. The van der Waals surface area contributed by atoms with E-state index in [1.54, 1.807) is 0 Å². The maximum absolute atomic E-state index is 6.58. The first-order chi connectivity index (χ1) is 58.6. The molecule has 4 aliphatic heterocycles. The molecule has 4 fully saturated rings. The Hall–Kier alpha value is -9.58. The topological polar surface area (TPSA) is 73.8 Å². The summed E-state index contributed by atoms with van der Waals surface area (Å²) in [6.07, 6.45) is 0. The number of hydrogen-bond acceptors (Lipinski definition) is 12. The molecule has 0 amide bonds. The van der Waals surface area contributed by atoms with E-state index in [1.807, 2.05) is 45.3 Å². The van der Waals surface area contributed by atoms with Crippen molar-refractivity contribution >= 4 is 230 Å². The van der Waals surface area contributed by atoms with Crippen molar-refractivity contribution in [3.63, 3.8) is 0 Å². The van der Waals surface area contributed by atoms with E-state index in [9.17, 15) is 0 Å². The first-order valence-corrected chi connectivity index (χ1v) is 46.4. The molecule has 0 radical (unpaired) electrons. The third kappa shape index (κ3) is 13.1. The monoisotopic (exact) mass is 1680 g/mol. The lowest BCUT2D eigenvalue weighted by molar-refractivity contribution is 0.00578. The maximum atomic E-state index is 6.58. The van der Waals surface area contributed by atoms with Gasteiger partial charge in [-0.05, 0) is 256 Å². The Bertz CT molecular complexity index is 7530. The van der Waals surface area contributed by atoms with Crippen molar-refractivity contribution in [3.05, 3.63) is 278 Å². The normalized spacial score (nSPS) is 18.6. The van der Waals surface area contributed by atoms with Gasteiger partial charge in [0.25, 0.3) is 0 Å². The highest BCUT2D eigenvalue weighted by Gasteiger charge is 2.56. The molecule has 0 spiro atoms. The van der Waals surface area contributed by atoms with Gasteiger partial charge >= 0.3 is 28.5 Å². The van der Waals surface area contributed by atoms with Crippen LogP contribution >= 0.6 is 45.3 Å². The Morgan fingerprint density at radius 2 is 0.626 bits per heavy atom. The average Bonchev–Trinajstić information content (AvgIpc) is 1.59. The molecule has 8 nitrogen and oxygen atoms in total. The second-order valence-electron chi connectivity index (χ2n) is 38.7. The van der Waals surface area contributed by atoms with Crippen molar-refractivity contribution in [2.45, 2.75) is 175 Å². The fourth-order valence-electron chi connectivity index (χ4n) is 18.7. The van der Waals surface area contributed by atoms with Crippen LogP contribution in [-0.4, -0.2) is 73.3 Å². The van der Waals surface area contributed by atoms with Gasteiger partial charge in [-0.25, -0.2) is 0 Å². The molecule has 15 aromatic carbocycles. The van der Waals surface area contributed by atoms with Crippen molar-refractivity contribution in [1.82, 2.24) is 0 Å². The second kappa shape index (κ2) is 28.7. The van der Waals surface area contributed by atoms with E-state index in [0.717, 1.165) is 21.9 Å². The van der Waals surface area contributed by atoms with Crippen LogP contribution in [0.1, 0.15) is 136 Å². The minimum absolute atomic E-state index is 0.0548. The number of rotatable bonds is 5. The molecular weight excluding hydrogens is 1580 g/mol. The van der Waals surface area contributed by atoms with Gasteiger partial charge < -0.3 is 37.2 Å². The maximum Gasteiger partial charge on any atom is 0.495 e. The lowest BCUT2D eigenvalue weighted by atomic mass is 9.75. The first kappa shape index (κ1) is 80.5. The molecule has 0 N–H and O–H groups in total. The van der Waals surface area contributed by atoms with Crippen LogP contribution in [0.25, 0.3) is 157 Å². The number of hydrogen-bond donors (Lipinski definition) is 0. The van der Waals surface area contributed by atoms with E-state index in [-0.39, 0.29) is 60.4 Å². The molecule has 0 atom stereocenters. The van der Waals surface area contributed by atoms with Crippen LogP contribution in [0.15, 0.2) is 267 Å². The third-order valence-electron chi connectivity index (χ3n) is 28.6. The molecule has 0 unspecified atom stereocenters. The Kier molecular flexibility index (Phi) is 18.8. The van der Waals surface area contributed by atoms with Crippen LogP contribution in [0.5, 0.6) is 0 Å². The summed E-state index contributed by atoms with van der Waals surface area (Å²) >= 11 is 7.48. The summed E-state index contributed by atoms with van der Waals surface area (Å²) in [6, 6.07) is 97.2. The summed E-state index contributed by atoms with van der Waals surface area (Å²) in [5.41, 5.74) is 9.46. The molecule has 24 rings (SSSR count). The predicted molar refractivity (Wildman–Crippen MR) is 531 cm³/mol. The van der Waals surface area contributed by atoms with Gasteiger partial charge in [0, 0.05) is 86.1 Å². The van der Waals surface area contributed by atoms with Gasteiger partial charge in [-0.15, -0.1) is 45.3 Å². The van der Waals surface area contributed by atoms with Crippen LogP contribution in [-0.2, 0) is 42.6 Å². The van der Waals surface area contributed by atoms with Crippen molar-refractivity contribution < 1.29 is 37.2 Å². The van der Waals surface area contributed by atoms with Crippen molar-refractivity contribution in [2.24, 2.45) is 0 Å². The van der Waals surface area contributed by atoms with Crippen LogP contribution in [0.2, 0.25) is 0 Å². The minimum Gasteiger partial charge on any atom is -0.399 e. The largest absolute Gasteiger partial charge is 0.495 e. The van der Waals surface area contributed by atoms with Gasteiger partial charge in [0.1, 0.15) is 0 Å². The molecule has 8 heterocycles. The molecule has 5 aliphatic rings. The van der Waals surface area contributed by atoms with Crippen molar-refractivity contribution in [2.75, 3.05) is 0 Å². The van der Waals surface area contributed by atoms with E-state index < -0.39 is 18.3 Å². The second-order valence-corrected chi connectivity index (χ2v) is 42.9. The van der Waals surface area contributed by atoms with Gasteiger partial charge in [0.2, 0.25) is 0 Å². The molecule has 1 aliphatic carbocycles. The van der Waals surface area contributed by atoms with Crippen molar-refractivity contribution in [1.29, 1.82) is 0 Å². The summed E-state index contributed by atoms with van der Waals surface area (Å²) in [6.45, 7) is 38.4. The van der Waals surface area contributed by atoms with Crippen LogP contribution < -0.4 is 21.9 Å².